The monoisotopic (exact) mass is 381 g/mol. The zero-order chi connectivity index (χ0) is 16.2. The third-order valence-corrected chi connectivity index (χ3v) is 5.84. The van der Waals surface area contributed by atoms with Gasteiger partial charge >= 0.3 is 0 Å². The fourth-order valence-corrected chi connectivity index (χ4v) is 4.00. The van der Waals surface area contributed by atoms with E-state index in [-0.39, 0.29) is 42.3 Å². The summed E-state index contributed by atoms with van der Waals surface area (Å²) in [5, 5.41) is 3.16. The standard InChI is InChI=1S/C18H35N3O.2ClH/c1-4-14-7-6-10-21(12-14)18(2,3)13-20-17(22)11-15-8-5-9-16(15)19;;/h14-16H,4-13,19H2,1-3H3,(H,20,22);2*1H/t14?,15-,16+;;/m0../s1. The maximum absolute atomic E-state index is 12.2. The number of hydrogen-bond acceptors (Lipinski definition) is 3. The van der Waals surface area contributed by atoms with Crippen LogP contribution in [0.3, 0.4) is 0 Å². The molecule has 1 unspecified atom stereocenters. The van der Waals surface area contributed by atoms with E-state index in [1.807, 2.05) is 0 Å². The Morgan fingerprint density at radius 1 is 1.21 bits per heavy atom. The zero-order valence-electron chi connectivity index (χ0n) is 15.6. The lowest BCUT2D eigenvalue weighted by molar-refractivity contribution is -0.122. The normalized spacial score (nSPS) is 27.9. The van der Waals surface area contributed by atoms with Crippen LogP contribution in [0.2, 0.25) is 0 Å². The van der Waals surface area contributed by atoms with Crippen LogP contribution >= 0.6 is 24.8 Å². The molecule has 0 spiro atoms. The van der Waals surface area contributed by atoms with Crippen molar-refractivity contribution in [2.75, 3.05) is 19.6 Å². The average Bonchev–Trinajstić information content (AvgIpc) is 2.90. The first kappa shape index (κ1) is 24.0. The molecule has 2 fully saturated rings. The number of amides is 1. The number of halogens is 2. The average molecular weight is 382 g/mol. The van der Waals surface area contributed by atoms with Crippen LogP contribution in [0, 0.1) is 11.8 Å². The fourth-order valence-electron chi connectivity index (χ4n) is 4.00. The summed E-state index contributed by atoms with van der Waals surface area (Å²) < 4.78 is 0. The minimum atomic E-state index is 0. The van der Waals surface area contributed by atoms with E-state index < -0.39 is 0 Å². The molecule has 1 aliphatic heterocycles. The van der Waals surface area contributed by atoms with Crippen LogP contribution in [-0.4, -0.2) is 42.0 Å². The van der Waals surface area contributed by atoms with Crippen LogP contribution < -0.4 is 11.1 Å². The molecule has 1 saturated carbocycles. The van der Waals surface area contributed by atoms with Gasteiger partial charge in [0.25, 0.3) is 0 Å². The smallest absolute Gasteiger partial charge is 0.220 e. The first-order valence-corrected chi connectivity index (χ1v) is 9.19. The molecule has 2 rings (SSSR count). The Balaban J connectivity index is 0.00000264. The van der Waals surface area contributed by atoms with Gasteiger partial charge in [-0.1, -0.05) is 19.8 Å². The zero-order valence-corrected chi connectivity index (χ0v) is 17.2. The number of nitrogens with one attached hydrogen (secondary N) is 1. The number of nitrogens with zero attached hydrogens (tertiary/aromatic N) is 1. The first-order valence-electron chi connectivity index (χ1n) is 9.19. The highest BCUT2D eigenvalue weighted by atomic mass is 35.5. The summed E-state index contributed by atoms with van der Waals surface area (Å²) in [6.07, 6.45) is 7.88. The van der Waals surface area contributed by atoms with Gasteiger partial charge in [0.15, 0.2) is 0 Å². The number of piperidine rings is 1. The Kier molecular flexibility index (Phi) is 10.8. The van der Waals surface area contributed by atoms with Crippen molar-refractivity contribution in [1.82, 2.24) is 10.2 Å². The van der Waals surface area contributed by atoms with Crippen molar-refractivity contribution in [3.05, 3.63) is 0 Å². The van der Waals surface area contributed by atoms with Crippen molar-refractivity contribution in [1.29, 1.82) is 0 Å². The largest absolute Gasteiger partial charge is 0.354 e. The molecule has 4 nitrogen and oxygen atoms in total. The van der Waals surface area contributed by atoms with Gasteiger partial charge in [-0.05, 0) is 57.9 Å². The predicted octanol–water partition coefficient (Wildman–Crippen LogP) is 3.36. The molecule has 6 heteroatoms. The number of likely N-dealkylation sites (tertiary alicyclic amines) is 1. The van der Waals surface area contributed by atoms with Crippen molar-refractivity contribution in [2.45, 2.75) is 77.3 Å². The van der Waals surface area contributed by atoms with Crippen molar-refractivity contribution < 1.29 is 4.79 Å². The Morgan fingerprint density at radius 2 is 1.92 bits per heavy atom. The Hall–Kier alpha value is -0.0300. The van der Waals surface area contributed by atoms with E-state index in [4.69, 9.17) is 5.73 Å². The molecular formula is C18H37Cl2N3O. The molecular weight excluding hydrogens is 345 g/mol. The Bertz CT molecular complexity index is 379. The molecule has 1 amide bonds. The quantitative estimate of drug-likeness (QED) is 0.741. The second kappa shape index (κ2) is 10.8. The molecule has 1 saturated heterocycles. The van der Waals surface area contributed by atoms with Crippen LogP contribution in [0.25, 0.3) is 0 Å². The molecule has 1 aliphatic carbocycles. The summed E-state index contributed by atoms with van der Waals surface area (Å²) in [5.41, 5.74) is 6.11. The lowest BCUT2D eigenvalue weighted by atomic mass is 9.91. The lowest BCUT2D eigenvalue weighted by Crippen LogP contribution is -2.55. The van der Waals surface area contributed by atoms with Crippen molar-refractivity contribution >= 4 is 30.7 Å². The third kappa shape index (κ3) is 6.70. The highest BCUT2D eigenvalue weighted by molar-refractivity contribution is 5.85. The highest BCUT2D eigenvalue weighted by Gasteiger charge is 2.32. The molecule has 0 aromatic rings. The minimum absolute atomic E-state index is 0. The minimum Gasteiger partial charge on any atom is -0.354 e. The van der Waals surface area contributed by atoms with E-state index in [1.165, 1.54) is 32.2 Å². The van der Waals surface area contributed by atoms with Gasteiger partial charge in [-0.15, -0.1) is 24.8 Å². The van der Waals surface area contributed by atoms with Gasteiger partial charge in [0.1, 0.15) is 0 Å². The van der Waals surface area contributed by atoms with Gasteiger partial charge in [-0.3, -0.25) is 9.69 Å². The van der Waals surface area contributed by atoms with Gasteiger partial charge in [-0.25, -0.2) is 0 Å². The van der Waals surface area contributed by atoms with Crippen LogP contribution in [0.1, 0.15) is 65.7 Å². The number of rotatable bonds is 6. The van der Waals surface area contributed by atoms with E-state index in [9.17, 15) is 4.79 Å². The van der Waals surface area contributed by atoms with Crippen molar-refractivity contribution in [3.63, 3.8) is 0 Å². The van der Waals surface area contributed by atoms with E-state index >= 15 is 0 Å². The van der Waals surface area contributed by atoms with E-state index in [0.717, 1.165) is 31.8 Å². The van der Waals surface area contributed by atoms with E-state index in [2.05, 4.69) is 31.0 Å². The molecule has 2 aliphatic rings. The number of carbonyl (C=O) groups excluding carboxylic acids is 1. The number of nitrogens with two attached hydrogens (primary N) is 1. The summed E-state index contributed by atoms with van der Waals surface area (Å²) in [7, 11) is 0. The van der Waals surface area contributed by atoms with E-state index in [1.54, 1.807) is 0 Å². The fraction of sp³-hybridized carbons (Fsp3) is 0.944. The number of carbonyl (C=O) groups is 1. The molecule has 0 aromatic heterocycles. The van der Waals surface area contributed by atoms with Gasteiger partial charge in [0.05, 0.1) is 0 Å². The maximum Gasteiger partial charge on any atom is 0.220 e. The molecule has 1 heterocycles. The Labute approximate surface area is 160 Å². The number of hydrogen-bond donors (Lipinski definition) is 2. The van der Waals surface area contributed by atoms with E-state index in [0.29, 0.717) is 12.3 Å². The van der Waals surface area contributed by atoms with Crippen LogP contribution in [0.4, 0.5) is 0 Å². The molecule has 0 aromatic carbocycles. The molecule has 3 N–H and O–H groups in total. The van der Waals surface area contributed by atoms with Gasteiger partial charge in [0.2, 0.25) is 5.91 Å². The molecule has 0 bridgehead atoms. The van der Waals surface area contributed by atoms with Crippen molar-refractivity contribution in [2.24, 2.45) is 17.6 Å². The van der Waals surface area contributed by atoms with Gasteiger partial charge < -0.3 is 11.1 Å². The second-order valence-electron chi connectivity index (χ2n) is 8.01. The topological polar surface area (TPSA) is 58.4 Å². The SMILES string of the molecule is CCC1CCCN(C(C)(C)CNC(=O)C[C@@H]2CCC[C@H]2N)C1.Cl.Cl. The summed E-state index contributed by atoms with van der Waals surface area (Å²) in [6.45, 7) is 9.87. The molecule has 24 heavy (non-hydrogen) atoms. The molecule has 0 radical (unpaired) electrons. The van der Waals surface area contributed by atoms with Crippen LogP contribution in [0.5, 0.6) is 0 Å². The van der Waals surface area contributed by atoms with Crippen molar-refractivity contribution in [3.8, 4) is 0 Å². The molecule has 144 valence electrons. The van der Waals surface area contributed by atoms with Gasteiger partial charge in [-0.2, -0.15) is 0 Å². The summed E-state index contributed by atoms with van der Waals surface area (Å²) >= 11 is 0. The summed E-state index contributed by atoms with van der Waals surface area (Å²) in [6, 6.07) is 0.228. The maximum atomic E-state index is 12.2. The third-order valence-electron chi connectivity index (χ3n) is 5.84. The van der Waals surface area contributed by atoms with Crippen LogP contribution in [-0.2, 0) is 4.79 Å². The molecule has 3 atom stereocenters. The lowest BCUT2D eigenvalue weighted by Gasteiger charge is -2.43. The summed E-state index contributed by atoms with van der Waals surface area (Å²) in [5.74, 6) is 1.39. The van der Waals surface area contributed by atoms with Gasteiger partial charge in [0, 0.05) is 31.1 Å². The summed E-state index contributed by atoms with van der Waals surface area (Å²) in [4.78, 5) is 14.8. The Morgan fingerprint density at radius 3 is 2.50 bits per heavy atom. The first-order chi connectivity index (χ1) is 10.4. The van der Waals surface area contributed by atoms with Crippen LogP contribution in [0.15, 0.2) is 0 Å². The highest BCUT2D eigenvalue weighted by Crippen LogP contribution is 2.27. The predicted molar refractivity (Wildman–Crippen MR) is 106 cm³/mol. The second-order valence-corrected chi connectivity index (χ2v) is 8.01.